The van der Waals surface area contributed by atoms with Crippen LogP contribution in [0.4, 0.5) is 5.82 Å². The van der Waals surface area contributed by atoms with Crippen LogP contribution in [-0.2, 0) is 0 Å². The minimum Gasteiger partial charge on any atom is -0.439 e. The number of nitrogens with two attached hydrogens (primary N) is 1. The Morgan fingerprint density at radius 1 is 0.897 bits per heavy atom. The summed E-state index contributed by atoms with van der Waals surface area (Å²) in [6.07, 6.45) is 0. The summed E-state index contributed by atoms with van der Waals surface area (Å²) in [5.41, 5.74) is 9.63. The monoisotopic (exact) mass is 375 g/mol. The predicted molar refractivity (Wildman–Crippen MR) is 110 cm³/mol. The molecule has 0 aliphatic heterocycles. The van der Waals surface area contributed by atoms with Crippen LogP contribution in [0.2, 0.25) is 0 Å². The van der Waals surface area contributed by atoms with Gasteiger partial charge in [0.2, 0.25) is 5.71 Å². The van der Waals surface area contributed by atoms with Crippen molar-refractivity contribution in [2.75, 3.05) is 5.73 Å². The highest BCUT2D eigenvalue weighted by atomic mass is 16.3. The average Bonchev–Trinajstić information content (AvgIpc) is 3.34. The third-order valence-electron chi connectivity index (χ3n) is 4.90. The second-order valence-corrected chi connectivity index (χ2v) is 6.54. The van der Waals surface area contributed by atoms with Gasteiger partial charge in [0.05, 0.1) is 5.39 Å². The highest BCUT2D eigenvalue weighted by molar-refractivity contribution is 5.95. The van der Waals surface area contributed by atoms with E-state index in [0.29, 0.717) is 33.6 Å². The van der Waals surface area contributed by atoms with Crippen molar-refractivity contribution in [3.8, 4) is 34.6 Å². The largest absolute Gasteiger partial charge is 0.439 e. The van der Waals surface area contributed by atoms with Crippen molar-refractivity contribution in [3.63, 3.8) is 0 Å². The van der Waals surface area contributed by atoms with Crippen molar-refractivity contribution in [3.05, 3.63) is 78.0 Å². The molecular formula is C23H13N5O. The van der Waals surface area contributed by atoms with Crippen molar-refractivity contribution < 1.29 is 4.42 Å². The van der Waals surface area contributed by atoms with Crippen LogP contribution >= 0.6 is 0 Å². The first-order valence-electron chi connectivity index (χ1n) is 8.91. The predicted octanol–water partition coefficient (Wildman–Crippen LogP) is 4.74. The number of nitriles is 2. The molecule has 136 valence electrons. The number of fused-ring (bicyclic) bond motifs is 3. The Bertz CT molecular complexity index is 1470. The Balaban J connectivity index is 1.94. The summed E-state index contributed by atoms with van der Waals surface area (Å²) in [5, 5.41) is 20.4. The summed E-state index contributed by atoms with van der Waals surface area (Å²) in [6.45, 7) is 0. The van der Waals surface area contributed by atoms with E-state index in [2.05, 4.69) is 17.1 Å². The van der Waals surface area contributed by atoms with E-state index in [1.165, 1.54) is 0 Å². The molecule has 2 aromatic carbocycles. The number of nitrogens with zero attached hydrogens (tertiary/aromatic N) is 4. The molecule has 6 nitrogen and oxygen atoms in total. The SMILES string of the molecule is N#Cc1c(-c2ccccc2)c(C#N)n2c1nc(N)c1cc(-c3ccccc3)oc12. The summed E-state index contributed by atoms with van der Waals surface area (Å²) in [4.78, 5) is 4.44. The number of aromatic nitrogens is 2. The van der Waals surface area contributed by atoms with E-state index in [-0.39, 0.29) is 11.5 Å². The summed E-state index contributed by atoms with van der Waals surface area (Å²) in [6, 6.07) is 25.1. The molecule has 29 heavy (non-hydrogen) atoms. The second kappa shape index (κ2) is 6.26. The maximum atomic E-state index is 9.96. The van der Waals surface area contributed by atoms with Crippen LogP contribution < -0.4 is 5.73 Å². The van der Waals surface area contributed by atoms with Crippen LogP contribution in [0.3, 0.4) is 0 Å². The molecular weight excluding hydrogens is 362 g/mol. The molecule has 0 radical (unpaired) electrons. The minimum atomic E-state index is 0.247. The van der Waals surface area contributed by atoms with E-state index >= 15 is 0 Å². The van der Waals surface area contributed by atoms with Gasteiger partial charge in [-0.25, -0.2) is 4.98 Å². The lowest BCUT2D eigenvalue weighted by Gasteiger charge is -2.01. The van der Waals surface area contributed by atoms with Crippen LogP contribution in [0.15, 0.2) is 71.1 Å². The summed E-state index contributed by atoms with van der Waals surface area (Å²) < 4.78 is 7.70. The molecule has 3 heterocycles. The second-order valence-electron chi connectivity index (χ2n) is 6.54. The molecule has 0 amide bonds. The van der Waals surface area contributed by atoms with E-state index in [1.807, 2.05) is 66.7 Å². The fourth-order valence-corrected chi connectivity index (χ4v) is 3.61. The molecule has 0 fully saturated rings. The number of hydrogen-bond donors (Lipinski definition) is 1. The third kappa shape index (κ3) is 2.37. The van der Waals surface area contributed by atoms with Gasteiger partial charge < -0.3 is 10.2 Å². The van der Waals surface area contributed by atoms with E-state index in [4.69, 9.17) is 10.2 Å². The molecule has 0 aliphatic rings. The smallest absolute Gasteiger partial charge is 0.218 e. The minimum absolute atomic E-state index is 0.247. The lowest BCUT2D eigenvalue weighted by atomic mass is 10.0. The van der Waals surface area contributed by atoms with Crippen LogP contribution in [0.25, 0.3) is 39.2 Å². The van der Waals surface area contributed by atoms with E-state index in [9.17, 15) is 10.5 Å². The van der Waals surface area contributed by atoms with Gasteiger partial charge in [-0.1, -0.05) is 60.7 Å². The highest BCUT2D eigenvalue weighted by Crippen LogP contribution is 2.37. The molecule has 3 aromatic heterocycles. The third-order valence-corrected chi connectivity index (χ3v) is 4.90. The zero-order valence-corrected chi connectivity index (χ0v) is 15.1. The molecule has 0 atom stereocenters. The molecule has 0 saturated carbocycles. The Hall–Kier alpha value is -4.55. The maximum Gasteiger partial charge on any atom is 0.218 e. The van der Waals surface area contributed by atoms with Gasteiger partial charge in [-0.2, -0.15) is 10.5 Å². The highest BCUT2D eigenvalue weighted by Gasteiger charge is 2.25. The molecule has 5 aromatic rings. The van der Waals surface area contributed by atoms with Crippen LogP contribution in [0.5, 0.6) is 0 Å². The Morgan fingerprint density at radius 3 is 2.17 bits per heavy atom. The van der Waals surface area contributed by atoms with Crippen molar-refractivity contribution >= 4 is 22.6 Å². The van der Waals surface area contributed by atoms with Crippen molar-refractivity contribution in [1.82, 2.24) is 9.38 Å². The standard InChI is InChI=1S/C23H13N5O/c24-12-17-20(15-9-5-2-6-10-15)18(13-25)28-22(17)27-21(26)16-11-19(29-23(16)28)14-7-3-1-4-8-14/h1-11H,(H2,26,27). The van der Waals surface area contributed by atoms with E-state index < -0.39 is 0 Å². The Kier molecular flexibility index (Phi) is 3.59. The van der Waals surface area contributed by atoms with Gasteiger partial charge in [0, 0.05) is 11.1 Å². The average molecular weight is 375 g/mol. The summed E-state index contributed by atoms with van der Waals surface area (Å²) in [7, 11) is 0. The van der Waals surface area contributed by atoms with Crippen molar-refractivity contribution in [2.45, 2.75) is 0 Å². The molecule has 0 saturated heterocycles. The molecule has 0 unspecified atom stereocenters. The molecule has 6 heteroatoms. The Labute approximate surface area is 165 Å². The fourth-order valence-electron chi connectivity index (χ4n) is 3.61. The lowest BCUT2D eigenvalue weighted by Crippen LogP contribution is -1.98. The van der Waals surface area contributed by atoms with Gasteiger partial charge in [0.1, 0.15) is 35.0 Å². The van der Waals surface area contributed by atoms with Crippen LogP contribution in [0.1, 0.15) is 11.3 Å². The maximum absolute atomic E-state index is 9.96. The molecule has 2 N–H and O–H groups in total. The van der Waals surface area contributed by atoms with Crippen molar-refractivity contribution in [1.29, 1.82) is 10.5 Å². The number of anilines is 1. The zero-order chi connectivity index (χ0) is 20.0. The summed E-state index contributed by atoms with van der Waals surface area (Å²) in [5.74, 6) is 0.857. The number of furan rings is 1. The normalized spacial score (nSPS) is 10.8. The lowest BCUT2D eigenvalue weighted by molar-refractivity contribution is 0.612. The number of rotatable bonds is 2. The fraction of sp³-hybridized carbons (Fsp3) is 0. The van der Waals surface area contributed by atoms with Crippen molar-refractivity contribution in [2.24, 2.45) is 0 Å². The van der Waals surface area contributed by atoms with Gasteiger partial charge in [-0.3, -0.25) is 4.40 Å². The zero-order valence-electron chi connectivity index (χ0n) is 15.1. The van der Waals surface area contributed by atoms with Crippen LogP contribution in [0, 0.1) is 22.7 Å². The molecule has 5 rings (SSSR count). The van der Waals surface area contributed by atoms with E-state index in [0.717, 1.165) is 11.1 Å². The summed E-state index contributed by atoms with van der Waals surface area (Å²) >= 11 is 0. The van der Waals surface area contributed by atoms with Crippen LogP contribution in [-0.4, -0.2) is 9.38 Å². The van der Waals surface area contributed by atoms with Gasteiger partial charge in [0.15, 0.2) is 5.65 Å². The van der Waals surface area contributed by atoms with Gasteiger partial charge in [-0.05, 0) is 11.6 Å². The molecule has 0 bridgehead atoms. The van der Waals surface area contributed by atoms with Gasteiger partial charge in [0.25, 0.3) is 0 Å². The molecule has 0 aliphatic carbocycles. The quantitative estimate of drug-likeness (QED) is 0.480. The first-order chi connectivity index (χ1) is 14.2. The topological polar surface area (TPSA) is 104 Å². The molecule has 0 spiro atoms. The number of benzene rings is 2. The van der Waals surface area contributed by atoms with Gasteiger partial charge in [-0.15, -0.1) is 0 Å². The number of hydrogen-bond acceptors (Lipinski definition) is 5. The first-order valence-corrected chi connectivity index (χ1v) is 8.91. The Morgan fingerprint density at radius 2 is 1.55 bits per heavy atom. The van der Waals surface area contributed by atoms with E-state index in [1.54, 1.807) is 4.40 Å². The number of nitrogen functional groups attached to an aromatic ring is 1. The first kappa shape index (κ1) is 16.6. The van der Waals surface area contributed by atoms with Gasteiger partial charge >= 0.3 is 0 Å².